The number of oxime groups is 1. The maximum Gasteiger partial charge on any atom is 0.416 e. The fourth-order valence-corrected chi connectivity index (χ4v) is 3.11. The van der Waals surface area contributed by atoms with Gasteiger partial charge in [-0.25, -0.2) is 4.39 Å². The van der Waals surface area contributed by atoms with Crippen LogP contribution in [0.25, 0.3) is 0 Å². The molecule has 0 radical (unpaired) electrons. The third kappa shape index (κ3) is 5.34. The Labute approximate surface area is 165 Å². The monoisotopic (exact) mass is 408 g/mol. The minimum atomic E-state index is -4.40. The lowest BCUT2D eigenvalue weighted by atomic mass is 10.0. The molecule has 1 unspecified atom stereocenters. The number of alkyl halides is 3. The summed E-state index contributed by atoms with van der Waals surface area (Å²) >= 11 is 0. The topological polar surface area (TPSA) is 41.9 Å². The van der Waals surface area contributed by atoms with Crippen molar-refractivity contribution in [1.29, 1.82) is 0 Å². The molecule has 0 saturated heterocycles. The zero-order chi connectivity index (χ0) is 21.0. The zero-order valence-corrected chi connectivity index (χ0v) is 15.7. The fourth-order valence-electron chi connectivity index (χ4n) is 3.11. The Hall–Kier alpha value is -2.90. The molecule has 0 saturated carbocycles. The van der Waals surface area contributed by atoms with Crippen LogP contribution in [-0.4, -0.2) is 29.2 Å². The molecule has 0 aromatic heterocycles. The van der Waals surface area contributed by atoms with Crippen LogP contribution in [-0.2, 0) is 22.4 Å². The summed E-state index contributed by atoms with van der Waals surface area (Å²) in [7, 11) is 0. The summed E-state index contributed by atoms with van der Waals surface area (Å²) < 4.78 is 51.6. The van der Waals surface area contributed by atoms with E-state index in [0.29, 0.717) is 23.3 Å². The first kappa shape index (κ1) is 20.8. The van der Waals surface area contributed by atoms with Crippen LogP contribution in [0, 0.1) is 5.82 Å². The Morgan fingerprint density at radius 1 is 1.21 bits per heavy atom. The van der Waals surface area contributed by atoms with Gasteiger partial charge in [0.2, 0.25) is 5.91 Å². The number of amides is 1. The minimum absolute atomic E-state index is 0.146. The zero-order valence-electron chi connectivity index (χ0n) is 15.7. The van der Waals surface area contributed by atoms with Crippen molar-refractivity contribution in [1.82, 2.24) is 4.90 Å². The van der Waals surface area contributed by atoms with Gasteiger partial charge in [0.05, 0.1) is 17.8 Å². The second-order valence-corrected chi connectivity index (χ2v) is 6.80. The van der Waals surface area contributed by atoms with Crippen LogP contribution in [0.5, 0.6) is 0 Å². The second kappa shape index (κ2) is 8.63. The van der Waals surface area contributed by atoms with Crippen molar-refractivity contribution < 1.29 is 27.2 Å². The van der Waals surface area contributed by atoms with Crippen LogP contribution in [0.3, 0.4) is 0 Å². The van der Waals surface area contributed by atoms with E-state index in [1.807, 2.05) is 0 Å². The molecule has 1 aliphatic rings. The maximum absolute atomic E-state index is 13.4. The van der Waals surface area contributed by atoms with Gasteiger partial charge in [-0.05, 0) is 29.8 Å². The van der Waals surface area contributed by atoms with E-state index in [1.54, 1.807) is 19.1 Å². The molecule has 3 rings (SSSR count). The van der Waals surface area contributed by atoms with Gasteiger partial charge in [0.25, 0.3) is 0 Å². The minimum Gasteiger partial charge on any atom is -0.390 e. The van der Waals surface area contributed by atoms with Crippen LogP contribution < -0.4 is 0 Å². The summed E-state index contributed by atoms with van der Waals surface area (Å²) in [6.07, 6.45) is -4.15. The molecular weight excluding hydrogens is 388 g/mol. The van der Waals surface area contributed by atoms with Crippen molar-refractivity contribution in [2.45, 2.75) is 38.6 Å². The molecule has 154 valence electrons. The Kier molecular flexibility index (Phi) is 6.20. The molecule has 1 atom stereocenters. The molecule has 1 aliphatic heterocycles. The number of halogens is 4. The average molecular weight is 408 g/mol. The van der Waals surface area contributed by atoms with Gasteiger partial charge in [0.1, 0.15) is 5.82 Å². The van der Waals surface area contributed by atoms with Crippen LogP contribution in [0.4, 0.5) is 17.6 Å². The summed E-state index contributed by atoms with van der Waals surface area (Å²) in [6, 6.07) is 10.7. The number of carbonyl (C=O) groups excluding carboxylic acids is 1. The highest BCUT2D eigenvalue weighted by Gasteiger charge is 2.30. The highest BCUT2D eigenvalue weighted by molar-refractivity contribution is 6.01. The van der Waals surface area contributed by atoms with Crippen molar-refractivity contribution in [3.8, 4) is 0 Å². The molecule has 0 fully saturated rings. The van der Waals surface area contributed by atoms with E-state index in [9.17, 15) is 22.4 Å². The van der Waals surface area contributed by atoms with E-state index in [2.05, 4.69) is 5.16 Å². The molecule has 0 N–H and O–H groups in total. The molecule has 29 heavy (non-hydrogen) atoms. The lowest BCUT2D eigenvalue weighted by Gasteiger charge is -2.24. The number of benzene rings is 2. The summed E-state index contributed by atoms with van der Waals surface area (Å²) in [5.74, 6) is -0.522. The van der Waals surface area contributed by atoms with Gasteiger partial charge in [-0.1, -0.05) is 36.3 Å². The summed E-state index contributed by atoms with van der Waals surface area (Å²) in [4.78, 5) is 19.3. The molecule has 2 aromatic rings. The molecular formula is C21H20F4N2O2. The molecule has 0 spiro atoms. The van der Waals surface area contributed by atoms with Crippen molar-refractivity contribution in [2.75, 3.05) is 6.54 Å². The van der Waals surface area contributed by atoms with E-state index in [1.165, 1.54) is 29.2 Å². The van der Waals surface area contributed by atoms with Gasteiger partial charge in [0.15, 0.2) is 6.10 Å². The van der Waals surface area contributed by atoms with Crippen LogP contribution in [0.2, 0.25) is 0 Å². The number of hydrogen-bond acceptors (Lipinski definition) is 3. The van der Waals surface area contributed by atoms with Crippen LogP contribution in [0.1, 0.15) is 36.5 Å². The van der Waals surface area contributed by atoms with E-state index in [0.717, 1.165) is 12.1 Å². The quantitative estimate of drug-likeness (QED) is 0.646. The van der Waals surface area contributed by atoms with E-state index in [-0.39, 0.29) is 31.2 Å². The van der Waals surface area contributed by atoms with Crippen molar-refractivity contribution >= 4 is 11.6 Å². The highest BCUT2D eigenvalue weighted by Crippen LogP contribution is 2.29. The second-order valence-electron chi connectivity index (χ2n) is 6.80. The molecule has 0 aliphatic carbocycles. The van der Waals surface area contributed by atoms with Crippen molar-refractivity contribution in [3.05, 3.63) is 71.0 Å². The van der Waals surface area contributed by atoms with Crippen LogP contribution in [0.15, 0.2) is 53.7 Å². The molecule has 8 heteroatoms. The van der Waals surface area contributed by atoms with Gasteiger partial charge in [-0.3, -0.25) is 4.79 Å². The summed E-state index contributed by atoms with van der Waals surface area (Å²) in [6.45, 7) is 2.11. The molecule has 0 bridgehead atoms. The van der Waals surface area contributed by atoms with E-state index in [4.69, 9.17) is 4.84 Å². The lowest BCUT2D eigenvalue weighted by Crippen LogP contribution is -2.36. The largest absolute Gasteiger partial charge is 0.416 e. The Balaban J connectivity index is 1.65. The predicted molar refractivity (Wildman–Crippen MR) is 99.6 cm³/mol. The molecule has 4 nitrogen and oxygen atoms in total. The number of carbonyl (C=O) groups is 1. The molecule has 1 amide bonds. The number of rotatable bonds is 6. The summed E-state index contributed by atoms with van der Waals surface area (Å²) in [5, 5.41) is 4.00. The first-order chi connectivity index (χ1) is 13.8. The third-order valence-corrected chi connectivity index (χ3v) is 4.62. The van der Waals surface area contributed by atoms with Gasteiger partial charge < -0.3 is 9.74 Å². The first-order valence-corrected chi connectivity index (χ1v) is 9.18. The lowest BCUT2D eigenvalue weighted by molar-refractivity contribution is -0.137. The van der Waals surface area contributed by atoms with Crippen molar-refractivity contribution in [3.63, 3.8) is 0 Å². The number of hydrogen-bond donors (Lipinski definition) is 0. The number of nitrogens with zero attached hydrogens (tertiary/aromatic N) is 2. The smallest absolute Gasteiger partial charge is 0.390 e. The van der Waals surface area contributed by atoms with Gasteiger partial charge >= 0.3 is 6.18 Å². The standard InChI is InChI=1S/C21H20F4N2O2/c1-2-20(28)27(12-14-6-8-16(9-7-14)21(23,24)25)13-18-11-19(26-29-18)15-4-3-5-17(22)10-15/h3-10,18H,2,11-13H2,1H3. The Morgan fingerprint density at radius 2 is 1.93 bits per heavy atom. The van der Waals surface area contributed by atoms with Gasteiger partial charge in [-0.15, -0.1) is 0 Å². The van der Waals surface area contributed by atoms with E-state index < -0.39 is 17.8 Å². The molecule has 2 aromatic carbocycles. The predicted octanol–water partition coefficient (Wildman–Crippen LogP) is 4.78. The first-order valence-electron chi connectivity index (χ1n) is 9.18. The fraction of sp³-hybridized carbons (Fsp3) is 0.333. The summed E-state index contributed by atoms with van der Waals surface area (Å²) in [5.41, 5.74) is 1.06. The Morgan fingerprint density at radius 3 is 2.55 bits per heavy atom. The van der Waals surface area contributed by atoms with Gasteiger partial charge in [0, 0.05) is 24.9 Å². The normalized spacial score (nSPS) is 16.3. The third-order valence-electron chi connectivity index (χ3n) is 4.62. The van der Waals surface area contributed by atoms with Gasteiger partial charge in [-0.2, -0.15) is 13.2 Å². The average Bonchev–Trinajstić information content (AvgIpc) is 3.15. The SMILES string of the molecule is CCC(=O)N(Cc1ccc(C(F)(F)F)cc1)CC1CC(c2cccc(F)c2)=NO1. The highest BCUT2D eigenvalue weighted by atomic mass is 19.4. The maximum atomic E-state index is 13.4. The molecule has 1 heterocycles. The van der Waals surface area contributed by atoms with Crippen molar-refractivity contribution in [2.24, 2.45) is 5.16 Å². The Bertz CT molecular complexity index is 894. The van der Waals surface area contributed by atoms with E-state index >= 15 is 0 Å². The van der Waals surface area contributed by atoms with Crippen LogP contribution >= 0.6 is 0 Å².